The van der Waals surface area contributed by atoms with Crippen molar-refractivity contribution in [2.45, 2.75) is 26.4 Å². The summed E-state index contributed by atoms with van der Waals surface area (Å²) in [6.07, 6.45) is 0. The standard InChI is InChI=1S/C28H24BrNO5/c1-3-33-22-12-10-18(14-23(22)34-4-2)25-24-26(31)20-15-19(29)11-13-21(20)35-27(24)28(32)30(25)16-17-8-6-5-7-9-17/h5-15,25H,3-4,16H2,1-2H3. The minimum atomic E-state index is -0.632. The molecule has 0 saturated heterocycles. The summed E-state index contributed by atoms with van der Waals surface area (Å²) in [5, 5.41) is 0.424. The molecule has 6 nitrogen and oxygen atoms in total. The van der Waals surface area contributed by atoms with Crippen LogP contribution in [0, 0.1) is 0 Å². The van der Waals surface area contributed by atoms with Crippen molar-refractivity contribution in [2.24, 2.45) is 0 Å². The SMILES string of the molecule is CCOc1ccc(C2c3c(oc4ccc(Br)cc4c3=O)C(=O)N2Cc2ccccc2)cc1OCC. The van der Waals surface area contributed by atoms with Crippen molar-refractivity contribution < 1.29 is 18.7 Å². The molecule has 0 N–H and O–H groups in total. The lowest BCUT2D eigenvalue weighted by molar-refractivity contribution is 0.0714. The highest BCUT2D eigenvalue weighted by molar-refractivity contribution is 9.10. The molecule has 7 heteroatoms. The molecule has 1 aromatic heterocycles. The van der Waals surface area contributed by atoms with Crippen molar-refractivity contribution in [3.8, 4) is 11.5 Å². The zero-order valence-electron chi connectivity index (χ0n) is 19.4. The summed E-state index contributed by atoms with van der Waals surface area (Å²) in [5.74, 6) is 0.951. The van der Waals surface area contributed by atoms with Crippen molar-refractivity contribution >= 4 is 32.8 Å². The fraction of sp³-hybridized carbons (Fsp3) is 0.214. The molecule has 3 aromatic carbocycles. The van der Waals surface area contributed by atoms with E-state index in [0.717, 1.165) is 15.6 Å². The maximum atomic E-state index is 13.8. The van der Waals surface area contributed by atoms with Crippen LogP contribution >= 0.6 is 15.9 Å². The van der Waals surface area contributed by atoms with E-state index in [2.05, 4.69) is 15.9 Å². The van der Waals surface area contributed by atoms with Crippen LogP contribution in [-0.2, 0) is 6.54 Å². The number of amides is 1. The molecule has 0 fully saturated rings. The predicted octanol–water partition coefficient (Wildman–Crippen LogP) is 6.10. The fourth-order valence-electron chi connectivity index (χ4n) is 4.52. The molecule has 0 spiro atoms. The van der Waals surface area contributed by atoms with Crippen LogP contribution in [0.1, 0.15) is 47.1 Å². The van der Waals surface area contributed by atoms with E-state index < -0.39 is 6.04 Å². The summed E-state index contributed by atoms with van der Waals surface area (Å²) in [6.45, 7) is 5.08. The van der Waals surface area contributed by atoms with E-state index in [1.54, 1.807) is 23.1 Å². The number of nitrogens with zero attached hydrogens (tertiary/aromatic N) is 1. The Morgan fingerprint density at radius 3 is 2.40 bits per heavy atom. The number of hydrogen-bond acceptors (Lipinski definition) is 5. The first-order chi connectivity index (χ1) is 17.0. The Morgan fingerprint density at radius 2 is 1.66 bits per heavy atom. The molecule has 1 amide bonds. The highest BCUT2D eigenvalue weighted by Gasteiger charge is 2.43. The topological polar surface area (TPSA) is 69.0 Å². The van der Waals surface area contributed by atoms with E-state index in [9.17, 15) is 9.59 Å². The second kappa shape index (κ2) is 9.58. The quantitative estimate of drug-likeness (QED) is 0.287. The van der Waals surface area contributed by atoms with Gasteiger partial charge in [0.05, 0.1) is 30.2 Å². The van der Waals surface area contributed by atoms with Crippen LogP contribution in [-0.4, -0.2) is 24.0 Å². The van der Waals surface area contributed by atoms with Crippen molar-refractivity contribution in [3.63, 3.8) is 0 Å². The molecule has 0 aliphatic carbocycles. The zero-order valence-corrected chi connectivity index (χ0v) is 21.0. The molecule has 0 radical (unpaired) electrons. The highest BCUT2D eigenvalue weighted by atomic mass is 79.9. The molecule has 2 heterocycles. The maximum absolute atomic E-state index is 13.8. The summed E-state index contributed by atoms with van der Waals surface area (Å²) in [4.78, 5) is 29.1. The molecular weight excluding hydrogens is 510 g/mol. The van der Waals surface area contributed by atoms with E-state index >= 15 is 0 Å². The summed E-state index contributed by atoms with van der Waals surface area (Å²) < 4.78 is 18.4. The third-order valence-electron chi connectivity index (χ3n) is 6.01. The van der Waals surface area contributed by atoms with E-state index in [4.69, 9.17) is 13.9 Å². The summed E-state index contributed by atoms with van der Waals surface area (Å²) in [6, 6.07) is 19.8. The molecule has 4 aromatic rings. The van der Waals surface area contributed by atoms with E-state index in [1.807, 2.05) is 62.4 Å². The third kappa shape index (κ3) is 4.21. The minimum absolute atomic E-state index is 0.0811. The van der Waals surface area contributed by atoms with Gasteiger partial charge in [0, 0.05) is 11.0 Å². The molecular formula is C28H24BrNO5. The second-order valence-corrected chi connectivity index (χ2v) is 9.12. The molecule has 178 valence electrons. The van der Waals surface area contributed by atoms with Gasteiger partial charge in [-0.3, -0.25) is 9.59 Å². The van der Waals surface area contributed by atoms with Crippen LogP contribution in [0.25, 0.3) is 11.0 Å². The number of rotatable bonds is 7. The van der Waals surface area contributed by atoms with Crippen LogP contribution in [0.15, 0.2) is 80.4 Å². The molecule has 1 aliphatic heterocycles. The average molecular weight is 534 g/mol. The summed E-state index contributed by atoms with van der Waals surface area (Å²) in [5.41, 5.74) is 2.20. The lowest BCUT2D eigenvalue weighted by Gasteiger charge is -2.26. The van der Waals surface area contributed by atoms with Crippen LogP contribution in [0.2, 0.25) is 0 Å². The maximum Gasteiger partial charge on any atom is 0.291 e. The first kappa shape index (κ1) is 23.2. The Kier molecular flexibility index (Phi) is 6.34. The van der Waals surface area contributed by atoms with Gasteiger partial charge < -0.3 is 18.8 Å². The minimum Gasteiger partial charge on any atom is -0.490 e. The lowest BCUT2D eigenvalue weighted by Crippen LogP contribution is -2.29. The van der Waals surface area contributed by atoms with Gasteiger partial charge in [0.15, 0.2) is 16.9 Å². The Bertz CT molecular complexity index is 1460. The van der Waals surface area contributed by atoms with Gasteiger partial charge in [0.1, 0.15) is 5.58 Å². The largest absolute Gasteiger partial charge is 0.490 e. The number of halogens is 1. The molecule has 0 saturated carbocycles. The predicted molar refractivity (Wildman–Crippen MR) is 137 cm³/mol. The third-order valence-corrected chi connectivity index (χ3v) is 6.50. The summed E-state index contributed by atoms with van der Waals surface area (Å²) >= 11 is 3.44. The summed E-state index contributed by atoms with van der Waals surface area (Å²) in [7, 11) is 0. The second-order valence-electron chi connectivity index (χ2n) is 8.21. The Morgan fingerprint density at radius 1 is 0.914 bits per heavy atom. The number of carbonyl (C=O) groups is 1. The Balaban J connectivity index is 1.72. The highest BCUT2D eigenvalue weighted by Crippen LogP contribution is 2.42. The van der Waals surface area contributed by atoms with Crippen molar-refractivity contribution in [2.75, 3.05) is 13.2 Å². The molecule has 1 aliphatic rings. The number of carbonyl (C=O) groups excluding carboxylic acids is 1. The monoisotopic (exact) mass is 533 g/mol. The Hall–Kier alpha value is -3.58. The van der Waals surface area contributed by atoms with Crippen molar-refractivity contribution in [1.29, 1.82) is 0 Å². The van der Waals surface area contributed by atoms with Gasteiger partial charge in [-0.1, -0.05) is 52.3 Å². The normalized spacial score (nSPS) is 14.9. The number of fused-ring (bicyclic) bond motifs is 2. The first-order valence-electron chi connectivity index (χ1n) is 11.5. The average Bonchev–Trinajstić information content (AvgIpc) is 3.13. The van der Waals surface area contributed by atoms with Crippen molar-refractivity contribution in [3.05, 3.63) is 104 Å². The molecule has 1 unspecified atom stereocenters. The van der Waals surface area contributed by atoms with Gasteiger partial charge >= 0.3 is 0 Å². The number of ether oxygens (including phenoxy) is 2. The molecule has 35 heavy (non-hydrogen) atoms. The van der Waals surface area contributed by atoms with E-state index in [1.165, 1.54) is 0 Å². The van der Waals surface area contributed by atoms with Crippen LogP contribution in [0.5, 0.6) is 11.5 Å². The van der Waals surface area contributed by atoms with Gasteiger partial charge in [0.25, 0.3) is 5.91 Å². The van der Waals surface area contributed by atoms with Crippen molar-refractivity contribution in [1.82, 2.24) is 4.90 Å². The smallest absolute Gasteiger partial charge is 0.291 e. The lowest BCUT2D eigenvalue weighted by atomic mass is 9.97. The van der Waals surface area contributed by atoms with E-state index in [-0.39, 0.29) is 17.1 Å². The molecule has 5 rings (SSSR count). The van der Waals surface area contributed by atoms with Crippen LogP contribution in [0.4, 0.5) is 0 Å². The van der Waals surface area contributed by atoms with Gasteiger partial charge in [-0.25, -0.2) is 0 Å². The van der Waals surface area contributed by atoms with Gasteiger partial charge in [-0.2, -0.15) is 0 Å². The van der Waals surface area contributed by atoms with Gasteiger partial charge in [-0.15, -0.1) is 0 Å². The van der Waals surface area contributed by atoms with Gasteiger partial charge in [-0.05, 0) is 55.3 Å². The number of hydrogen-bond donors (Lipinski definition) is 0. The molecule has 0 bridgehead atoms. The fourth-order valence-corrected chi connectivity index (χ4v) is 4.88. The number of benzene rings is 3. The first-order valence-corrected chi connectivity index (χ1v) is 12.3. The van der Waals surface area contributed by atoms with Crippen LogP contribution < -0.4 is 14.9 Å². The van der Waals surface area contributed by atoms with E-state index in [0.29, 0.717) is 47.8 Å². The zero-order chi connectivity index (χ0) is 24.5. The van der Waals surface area contributed by atoms with Gasteiger partial charge in [0.2, 0.25) is 5.76 Å². The molecule has 1 atom stereocenters. The van der Waals surface area contributed by atoms with Crippen LogP contribution in [0.3, 0.4) is 0 Å². The Labute approximate surface area is 211 Å².